The van der Waals surface area contributed by atoms with Crippen molar-refractivity contribution < 1.29 is 14.0 Å². The van der Waals surface area contributed by atoms with Gasteiger partial charge in [0.1, 0.15) is 6.26 Å². The summed E-state index contributed by atoms with van der Waals surface area (Å²) in [6.45, 7) is 4.70. The summed E-state index contributed by atoms with van der Waals surface area (Å²) >= 11 is 1.33. The van der Waals surface area contributed by atoms with Crippen LogP contribution in [0.4, 0.5) is 5.82 Å². The summed E-state index contributed by atoms with van der Waals surface area (Å²) in [5.74, 6) is 0.780. The number of hydrogen-bond acceptors (Lipinski definition) is 6. The van der Waals surface area contributed by atoms with Crippen LogP contribution in [0.2, 0.25) is 0 Å². The van der Waals surface area contributed by atoms with Gasteiger partial charge < -0.3 is 20.0 Å². The Hall–Kier alpha value is -2.32. The minimum atomic E-state index is -0.196. The van der Waals surface area contributed by atoms with E-state index in [1.807, 2.05) is 24.3 Å². The van der Waals surface area contributed by atoms with E-state index in [2.05, 4.69) is 20.5 Å². The zero-order valence-electron chi connectivity index (χ0n) is 15.1. The second kappa shape index (κ2) is 7.74. The van der Waals surface area contributed by atoms with Crippen molar-refractivity contribution in [3.63, 3.8) is 0 Å². The molecule has 2 aromatic rings. The summed E-state index contributed by atoms with van der Waals surface area (Å²) in [7, 11) is 0. The molecule has 3 aliphatic rings. The van der Waals surface area contributed by atoms with Crippen molar-refractivity contribution in [2.24, 2.45) is 5.92 Å². The highest BCUT2D eigenvalue weighted by Gasteiger charge is 2.34. The van der Waals surface area contributed by atoms with Gasteiger partial charge in [-0.2, -0.15) is 4.98 Å². The van der Waals surface area contributed by atoms with Gasteiger partial charge in [-0.05, 0) is 67.9 Å². The minimum Gasteiger partial charge on any atom is -0.437 e. The Kier molecular flexibility index (Phi) is 5.18. The molecule has 2 amide bonds. The van der Waals surface area contributed by atoms with Gasteiger partial charge in [0.2, 0.25) is 5.91 Å². The number of rotatable bonds is 5. The summed E-state index contributed by atoms with van der Waals surface area (Å²) < 4.78 is 5.33. The number of carbonyl (C=O) groups is 2. The first-order valence-corrected chi connectivity index (χ1v) is 9.93. The van der Waals surface area contributed by atoms with Crippen molar-refractivity contribution >= 4 is 29.4 Å². The molecule has 0 spiro atoms. The van der Waals surface area contributed by atoms with Crippen LogP contribution in [0.25, 0.3) is 0 Å². The molecule has 2 bridgehead atoms. The zero-order chi connectivity index (χ0) is 18.8. The molecule has 2 N–H and O–H groups in total. The third-order valence-corrected chi connectivity index (χ3v) is 5.95. The summed E-state index contributed by atoms with van der Waals surface area (Å²) in [4.78, 5) is 31.1. The number of oxazole rings is 1. The molecule has 1 atom stereocenters. The topological polar surface area (TPSA) is 87.5 Å². The number of piperidine rings is 3. The van der Waals surface area contributed by atoms with Crippen LogP contribution in [-0.2, 0) is 4.79 Å². The van der Waals surface area contributed by atoms with E-state index in [1.54, 1.807) is 0 Å². The Morgan fingerprint density at radius 3 is 2.59 bits per heavy atom. The summed E-state index contributed by atoms with van der Waals surface area (Å²) in [5.41, 5.74) is 0.655. The number of fused-ring (bicyclic) bond motifs is 3. The molecule has 0 unspecified atom stereocenters. The van der Waals surface area contributed by atoms with Crippen LogP contribution in [0.15, 0.2) is 45.1 Å². The molecule has 1 aromatic carbocycles. The number of nitrogens with zero attached hydrogens (tertiary/aromatic N) is 2. The van der Waals surface area contributed by atoms with E-state index in [0.29, 0.717) is 22.5 Å². The maximum Gasteiger partial charge on any atom is 0.262 e. The fourth-order valence-corrected chi connectivity index (χ4v) is 4.41. The van der Waals surface area contributed by atoms with E-state index < -0.39 is 0 Å². The molecule has 5 rings (SSSR count). The predicted molar refractivity (Wildman–Crippen MR) is 102 cm³/mol. The molecule has 3 fully saturated rings. The molecule has 7 nitrogen and oxygen atoms in total. The molecule has 3 aliphatic heterocycles. The second-order valence-electron chi connectivity index (χ2n) is 7.02. The Morgan fingerprint density at radius 2 is 1.96 bits per heavy atom. The monoisotopic (exact) mass is 386 g/mol. The summed E-state index contributed by atoms with van der Waals surface area (Å²) in [5, 5.41) is 6.20. The molecule has 0 radical (unpaired) electrons. The smallest absolute Gasteiger partial charge is 0.262 e. The highest BCUT2D eigenvalue weighted by atomic mass is 32.2. The number of hydrogen-bond donors (Lipinski definition) is 2. The first kappa shape index (κ1) is 18.1. The third kappa shape index (κ3) is 4.33. The van der Waals surface area contributed by atoms with E-state index in [0.717, 1.165) is 24.5 Å². The Bertz CT molecular complexity index is 828. The largest absolute Gasteiger partial charge is 0.437 e. The van der Waals surface area contributed by atoms with Crippen LogP contribution in [0, 0.1) is 5.92 Å². The van der Waals surface area contributed by atoms with Crippen LogP contribution >= 0.6 is 11.8 Å². The van der Waals surface area contributed by atoms with Crippen molar-refractivity contribution in [1.82, 2.24) is 15.2 Å². The van der Waals surface area contributed by atoms with Gasteiger partial charge in [-0.1, -0.05) is 0 Å². The highest BCUT2D eigenvalue weighted by Crippen LogP contribution is 2.29. The van der Waals surface area contributed by atoms with Gasteiger partial charge in [-0.25, -0.2) is 0 Å². The van der Waals surface area contributed by atoms with E-state index in [9.17, 15) is 9.59 Å². The van der Waals surface area contributed by atoms with Gasteiger partial charge in [0.15, 0.2) is 5.82 Å². The molecule has 3 saturated heterocycles. The fourth-order valence-electron chi connectivity index (χ4n) is 3.70. The van der Waals surface area contributed by atoms with E-state index in [4.69, 9.17) is 4.42 Å². The minimum absolute atomic E-state index is 0.0191. The summed E-state index contributed by atoms with van der Waals surface area (Å²) in [6.07, 6.45) is 3.76. The molecular formula is C19H22N4O3S. The molecule has 27 heavy (non-hydrogen) atoms. The van der Waals surface area contributed by atoms with Crippen molar-refractivity contribution in [2.45, 2.75) is 35.9 Å². The van der Waals surface area contributed by atoms with Crippen molar-refractivity contribution in [3.05, 3.63) is 36.1 Å². The Labute approximate surface area is 161 Å². The van der Waals surface area contributed by atoms with Gasteiger partial charge in [-0.15, -0.1) is 0 Å². The molecule has 1 aromatic heterocycles. The number of carbonyl (C=O) groups excluding carboxylic acids is 2. The lowest BCUT2D eigenvalue weighted by Crippen LogP contribution is -2.57. The quantitative estimate of drug-likeness (QED) is 0.821. The normalized spacial score (nSPS) is 23.8. The number of anilines is 1. The maximum atomic E-state index is 12.6. The van der Waals surface area contributed by atoms with Crippen LogP contribution < -0.4 is 10.6 Å². The van der Waals surface area contributed by atoms with Gasteiger partial charge >= 0.3 is 0 Å². The van der Waals surface area contributed by atoms with E-state index in [1.165, 1.54) is 37.8 Å². The third-order valence-electron chi connectivity index (χ3n) is 5.08. The van der Waals surface area contributed by atoms with Crippen LogP contribution in [0.1, 0.15) is 30.1 Å². The maximum absolute atomic E-state index is 12.6. The number of aromatic nitrogens is 1. The first-order valence-electron chi connectivity index (χ1n) is 9.11. The zero-order valence-corrected chi connectivity index (χ0v) is 15.9. The lowest BCUT2D eigenvalue weighted by Gasteiger charge is -2.44. The Morgan fingerprint density at radius 1 is 1.22 bits per heavy atom. The number of nitrogens with one attached hydrogen (secondary N) is 2. The van der Waals surface area contributed by atoms with Gasteiger partial charge in [0, 0.05) is 30.0 Å². The molecule has 8 heteroatoms. The van der Waals surface area contributed by atoms with Crippen LogP contribution in [0.3, 0.4) is 0 Å². The lowest BCUT2D eigenvalue weighted by atomic mass is 9.84. The highest BCUT2D eigenvalue weighted by molar-refractivity contribution is 7.99. The average molecular weight is 386 g/mol. The predicted octanol–water partition coefficient (Wildman–Crippen LogP) is 2.61. The first-order chi connectivity index (χ1) is 13.1. The molecule has 0 aliphatic carbocycles. The van der Waals surface area contributed by atoms with E-state index in [-0.39, 0.29) is 17.9 Å². The SMILES string of the molecule is CC(=O)Nc1coc(Sc2ccc(C(=O)N[C@H]3CN4CCC3CC4)cc2)n1. The summed E-state index contributed by atoms with van der Waals surface area (Å²) in [6, 6.07) is 7.64. The number of amides is 2. The molecule has 0 saturated carbocycles. The lowest BCUT2D eigenvalue weighted by molar-refractivity contribution is -0.114. The standard InChI is InChI=1S/C19H22N4O3S/c1-12(24)20-17-11-26-19(22-17)27-15-4-2-14(3-5-15)18(25)21-16-10-23-8-6-13(16)7-9-23/h2-5,11,13,16H,6-10H2,1H3,(H,20,24)(H,21,25)/t16-/m0/s1. The van der Waals surface area contributed by atoms with Crippen molar-refractivity contribution in [3.8, 4) is 0 Å². The molecular weight excluding hydrogens is 364 g/mol. The van der Waals surface area contributed by atoms with Gasteiger partial charge in [0.25, 0.3) is 11.1 Å². The fraction of sp³-hybridized carbons (Fsp3) is 0.421. The average Bonchev–Trinajstić information content (AvgIpc) is 3.09. The van der Waals surface area contributed by atoms with Crippen molar-refractivity contribution in [2.75, 3.05) is 25.0 Å². The Balaban J connectivity index is 1.35. The van der Waals surface area contributed by atoms with Gasteiger partial charge in [-0.3, -0.25) is 9.59 Å². The van der Waals surface area contributed by atoms with Crippen LogP contribution in [0.5, 0.6) is 0 Å². The number of benzene rings is 1. The second-order valence-corrected chi connectivity index (χ2v) is 8.05. The van der Waals surface area contributed by atoms with Crippen molar-refractivity contribution in [1.29, 1.82) is 0 Å². The molecule has 142 valence electrons. The van der Waals surface area contributed by atoms with Gasteiger partial charge in [0.05, 0.1) is 0 Å². The molecule has 4 heterocycles. The van der Waals surface area contributed by atoms with E-state index >= 15 is 0 Å². The van der Waals surface area contributed by atoms with Crippen LogP contribution in [-0.4, -0.2) is 47.4 Å².